The predicted octanol–water partition coefficient (Wildman–Crippen LogP) is 1.23. The van der Waals surface area contributed by atoms with Gasteiger partial charge in [-0.3, -0.25) is 4.90 Å². The fourth-order valence-electron chi connectivity index (χ4n) is 2.59. The monoisotopic (exact) mass is 390 g/mol. The van der Waals surface area contributed by atoms with Crippen LogP contribution >= 0.6 is 0 Å². The van der Waals surface area contributed by atoms with Crippen LogP contribution < -0.4 is 16.2 Å². The van der Waals surface area contributed by atoms with Gasteiger partial charge in [0, 0.05) is 32.7 Å². The van der Waals surface area contributed by atoms with Gasteiger partial charge >= 0.3 is 6.09 Å². The van der Waals surface area contributed by atoms with E-state index in [2.05, 4.69) is 15.1 Å². The lowest BCUT2D eigenvalue weighted by molar-refractivity contribution is 0.0137. The Hall–Kier alpha value is -2.81. The second kappa shape index (κ2) is 9.93. The number of ether oxygens (including phenoxy) is 2. The van der Waals surface area contributed by atoms with Crippen molar-refractivity contribution < 1.29 is 14.3 Å². The molecule has 1 amide bonds. The zero-order valence-corrected chi connectivity index (χ0v) is 16.8. The van der Waals surface area contributed by atoms with Gasteiger partial charge in [0.2, 0.25) is 5.96 Å². The molecule has 0 spiro atoms. The molecule has 0 aromatic heterocycles. The van der Waals surface area contributed by atoms with E-state index in [4.69, 9.17) is 20.9 Å². The molecule has 9 heteroatoms. The number of benzene rings is 1. The van der Waals surface area contributed by atoms with E-state index in [1.54, 1.807) is 11.1 Å². The van der Waals surface area contributed by atoms with E-state index >= 15 is 0 Å². The fraction of sp³-hybridized carbons (Fsp3) is 0.526. The van der Waals surface area contributed by atoms with Crippen LogP contribution in [0.5, 0.6) is 5.75 Å². The molecular formula is C19H30N6O3. The SMILES string of the molecule is CC(C)(C)OC(=O)N1CCN(CCOc2ccc(C=NN=C(N)N)cc2)CC1. The third-order valence-electron chi connectivity index (χ3n) is 3.96. The molecule has 2 rings (SSSR count). The average Bonchev–Trinajstić information content (AvgIpc) is 2.62. The number of amides is 1. The van der Waals surface area contributed by atoms with Crippen LogP contribution in [0, 0.1) is 0 Å². The van der Waals surface area contributed by atoms with E-state index < -0.39 is 5.60 Å². The van der Waals surface area contributed by atoms with E-state index in [1.165, 1.54) is 0 Å². The first kappa shape index (κ1) is 21.5. The number of nitrogens with two attached hydrogens (primary N) is 2. The van der Waals surface area contributed by atoms with Gasteiger partial charge in [-0.25, -0.2) is 4.79 Å². The normalized spacial score (nSPS) is 15.5. The lowest BCUT2D eigenvalue weighted by Gasteiger charge is -2.35. The summed E-state index contributed by atoms with van der Waals surface area (Å²) in [7, 11) is 0. The highest BCUT2D eigenvalue weighted by Crippen LogP contribution is 2.13. The van der Waals surface area contributed by atoms with Crippen molar-refractivity contribution in [1.29, 1.82) is 0 Å². The third-order valence-corrected chi connectivity index (χ3v) is 3.96. The number of carbonyl (C=O) groups is 1. The molecule has 0 atom stereocenters. The molecule has 1 fully saturated rings. The molecule has 1 aromatic rings. The van der Waals surface area contributed by atoms with Gasteiger partial charge in [-0.1, -0.05) is 0 Å². The maximum absolute atomic E-state index is 12.1. The summed E-state index contributed by atoms with van der Waals surface area (Å²) in [4.78, 5) is 16.1. The number of nitrogens with zero attached hydrogens (tertiary/aromatic N) is 4. The topological polar surface area (TPSA) is 119 Å². The summed E-state index contributed by atoms with van der Waals surface area (Å²) in [5, 5.41) is 7.31. The van der Waals surface area contributed by atoms with Crippen molar-refractivity contribution in [2.75, 3.05) is 39.3 Å². The van der Waals surface area contributed by atoms with Crippen LogP contribution in [0.25, 0.3) is 0 Å². The summed E-state index contributed by atoms with van der Waals surface area (Å²) in [6.45, 7) is 9.96. The van der Waals surface area contributed by atoms with E-state index in [0.717, 1.165) is 30.9 Å². The molecule has 1 aliphatic rings. The van der Waals surface area contributed by atoms with Crippen molar-refractivity contribution in [2.24, 2.45) is 21.7 Å². The number of carbonyl (C=O) groups excluding carboxylic acids is 1. The van der Waals surface area contributed by atoms with Gasteiger partial charge in [0.05, 0.1) is 6.21 Å². The number of hydrogen-bond donors (Lipinski definition) is 2. The molecule has 1 saturated heterocycles. The van der Waals surface area contributed by atoms with E-state index in [9.17, 15) is 4.79 Å². The number of guanidine groups is 1. The minimum atomic E-state index is -0.464. The highest BCUT2D eigenvalue weighted by molar-refractivity contribution is 5.81. The van der Waals surface area contributed by atoms with Crippen LogP contribution in [0.1, 0.15) is 26.3 Å². The van der Waals surface area contributed by atoms with Gasteiger partial charge < -0.3 is 25.8 Å². The minimum absolute atomic E-state index is 0.0804. The Kier molecular flexibility index (Phi) is 7.62. The Labute approximate surface area is 166 Å². The van der Waals surface area contributed by atoms with Crippen molar-refractivity contribution in [3.63, 3.8) is 0 Å². The minimum Gasteiger partial charge on any atom is -0.492 e. The van der Waals surface area contributed by atoms with Crippen molar-refractivity contribution in [1.82, 2.24) is 9.80 Å². The molecule has 1 aromatic carbocycles. The zero-order valence-electron chi connectivity index (χ0n) is 16.8. The van der Waals surface area contributed by atoms with Crippen LogP contribution in [0.3, 0.4) is 0 Å². The molecule has 154 valence electrons. The maximum atomic E-state index is 12.1. The Bertz CT molecular complexity index is 685. The molecule has 1 heterocycles. The standard InChI is InChI=1S/C19H30N6O3/c1-19(2,3)28-18(26)25-10-8-24(9-11-25)12-13-27-16-6-4-15(5-7-16)14-22-23-17(20)21/h4-7,14H,8-13H2,1-3H3,(H4,20,21,23). The second-order valence-electron chi connectivity index (χ2n) is 7.50. The molecule has 0 saturated carbocycles. The number of rotatable bonds is 6. The van der Waals surface area contributed by atoms with Crippen molar-refractivity contribution in [3.05, 3.63) is 29.8 Å². The van der Waals surface area contributed by atoms with Gasteiger partial charge in [0.25, 0.3) is 0 Å². The van der Waals surface area contributed by atoms with Gasteiger partial charge in [-0.2, -0.15) is 5.10 Å². The molecule has 0 unspecified atom stereocenters. The maximum Gasteiger partial charge on any atom is 0.410 e. The molecule has 0 aliphatic carbocycles. The van der Waals surface area contributed by atoms with Crippen molar-refractivity contribution >= 4 is 18.3 Å². The lowest BCUT2D eigenvalue weighted by Crippen LogP contribution is -2.50. The molecule has 1 aliphatic heterocycles. The van der Waals surface area contributed by atoms with Gasteiger partial charge in [-0.05, 0) is 50.6 Å². The fourth-order valence-corrected chi connectivity index (χ4v) is 2.59. The number of piperazine rings is 1. The first-order valence-electron chi connectivity index (χ1n) is 9.28. The summed E-state index contributed by atoms with van der Waals surface area (Å²) in [6, 6.07) is 7.50. The van der Waals surface area contributed by atoms with E-state index in [-0.39, 0.29) is 12.1 Å². The second-order valence-corrected chi connectivity index (χ2v) is 7.50. The van der Waals surface area contributed by atoms with Gasteiger partial charge in [-0.15, -0.1) is 5.10 Å². The lowest BCUT2D eigenvalue weighted by atomic mass is 10.2. The quantitative estimate of drug-likeness (QED) is 0.428. The van der Waals surface area contributed by atoms with Crippen molar-refractivity contribution in [3.8, 4) is 5.75 Å². The number of hydrogen-bond acceptors (Lipinski definition) is 6. The summed E-state index contributed by atoms with van der Waals surface area (Å²) < 4.78 is 11.2. The summed E-state index contributed by atoms with van der Waals surface area (Å²) in [5.41, 5.74) is 10.8. The largest absolute Gasteiger partial charge is 0.492 e. The van der Waals surface area contributed by atoms with Crippen LogP contribution in [0.2, 0.25) is 0 Å². The van der Waals surface area contributed by atoms with Crippen LogP contribution in [0.15, 0.2) is 34.5 Å². The Morgan fingerprint density at radius 1 is 1.14 bits per heavy atom. The smallest absolute Gasteiger partial charge is 0.410 e. The molecular weight excluding hydrogens is 360 g/mol. The molecule has 4 N–H and O–H groups in total. The Morgan fingerprint density at radius 2 is 1.79 bits per heavy atom. The summed E-state index contributed by atoms with van der Waals surface area (Å²) in [5.74, 6) is 0.703. The summed E-state index contributed by atoms with van der Waals surface area (Å²) >= 11 is 0. The molecule has 9 nitrogen and oxygen atoms in total. The van der Waals surface area contributed by atoms with Crippen LogP contribution in [0.4, 0.5) is 4.79 Å². The Morgan fingerprint density at radius 3 is 2.36 bits per heavy atom. The summed E-state index contributed by atoms with van der Waals surface area (Å²) in [6.07, 6.45) is 1.32. The molecule has 0 bridgehead atoms. The van der Waals surface area contributed by atoms with Gasteiger partial charge in [0.1, 0.15) is 18.0 Å². The van der Waals surface area contributed by atoms with Crippen LogP contribution in [-0.4, -0.2) is 73.0 Å². The van der Waals surface area contributed by atoms with Crippen LogP contribution in [-0.2, 0) is 4.74 Å². The van der Waals surface area contributed by atoms with Crippen molar-refractivity contribution in [2.45, 2.75) is 26.4 Å². The predicted molar refractivity (Wildman–Crippen MR) is 110 cm³/mol. The highest BCUT2D eigenvalue weighted by Gasteiger charge is 2.25. The highest BCUT2D eigenvalue weighted by atomic mass is 16.6. The first-order chi connectivity index (χ1) is 13.2. The Balaban J connectivity index is 1.68. The first-order valence-corrected chi connectivity index (χ1v) is 9.28. The zero-order chi connectivity index (χ0) is 20.6. The third kappa shape index (κ3) is 7.83. The van der Waals surface area contributed by atoms with Gasteiger partial charge in [0.15, 0.2) is 0 Å². The molecule has 28 heavy (non-hydrogen) atoms. The van der Waals surface area contributed by atoms with E-state index in [0.29, 0.717) is 19.7 Å². The average molecular weight is 390 g/mol. The van der Waals surface area contributed by atoms with E-state index in [1.807, 2.05) is 45.0 Å². The molecule has 0 radical (unpaired) electrons.